The van der Waals surface area contributed by atoms with Crippen molar-refractivity contribution in [2.24, 2.45) is 0 Å². The monoisotopic (exact) mass is 332 g/mol. The van der Waals surface area contributed by atoms with Crippen LogP contribution >= 0.6 is 39.1 Å². The normalized spacial score (nSPS) is 10.5. The van der Waals surface area contributed by atoms with Gasteiger partial charge in [0.25, 0.3) is 5.56 Å². The zero-order valence-corrected chi connectivity index (χ0v) is 11.6. The number of halogens is 3. The lowest BCUT2D eigenvalue weighted by atomic mass is 10.2. The summed E-state index contributed by atoms with van der Waals surface area (Å²) in [4.78, 5) is 15.6. The van der Waals surface area contributed by atoms with E-state index in [4.69, 9.17) is 23.2 Å². The molecule has 0 unspecified atom stereocenters. The van der Waals surface area contributed by atoms with Crippen LogP contribution in [-0.4, -0.2) is 9.55 Å². The van der Waals surface area contributed by atoms with Gasteiger partial charge in [-0.05, 0) is 11.6 Å². The summed E-state index contributed by atoms with van der Waals surface area (Å²) in [5.74, 6) is 0. The Balaban J connectivity index is 2.41. The average Bonchev–Trinajstić information content (AvgIpc) is 2.32. The van der Waals surface area contributed by atoms with Crippen molar-refractivity contribution in [1.29, 1.82) is 0 Å². The summed E-state index contributed by atoms with van der Waals surface area (Å²) in [7, 11) is 0. The maximum Gasteiger partial charge on any atom is 0.273 e. The Kier molecular flexibility index (Phi) is 3.86. The van der Waals surface area contributed by atoms with Crippen LogP contribution in [0.5, 0.6) is 0 Å². The van der Waals surface area contributed by atoms with Crippen molar-refractivity contribution >= 4 is 39.1 Å². The second-order valence-corrected chi connectivity index (χ2v) is 4.96. The molecule has 0 spiro atoms. The Morgan fingerprint density at radius 1 is 1.29 bits per heavy atom. The van der Waals surface area contributed by atoms with Gasteiger partial charge < -0.3 is 0 Å². The first kappa shape index (κ1) is 12.6. The third-order valence-electron chi connectivity index (χ3n) is 2.24. The molecule has 1 aromatic carbocycles. The molecule has 2 rings (SSSR count). The van der Waals surface area contributed by atoms with Gasteiger partial charge >= 0.3 is 0 Å². The summed E-state index contributed by atoms with van der Waals surface area (Å²) in [6.07, 6.45) is 1.38. The molecule has 0 aliphatic rings. The minimum atomic E-state index is -0.345. The van der Waals surface area contributed by atoms with Crippen molar-refractivity contribution in [3.05, 3.63) is 61.2 Å². The molecule has 2 aromatic rings. The van der Waals surface area contributed by atoms with Crippen molar-refractivity contribution in [1.82, 2.24) is 9.55 Å². The number of nitrogens with zero attached hydrogens (tertiary/aromatic N) is 2. The molecule has 0 fully saturated rings. The number of benzene rings is 1. The Morgan fingerprint density at radius 3 is 2.71 bits per heavy atom. The molecular weight excluding hydrogens is 327 g/mol. The fraction of sp³-hybridized carbons (Fsp3) is 0.0909. The predicted octanol–water partition coefficient (Wildman–Crippen LogP) is 3.36. The van der Waals surface area contributed by atoms with Gasteiger partial charge in [-0.2, -0.15) is 0 Å². The van der Waals surface area contributed by atoms with E-state index in [1.54, 1.807) is 0 Å². The fourth-order valence-electron chi connectivity index (χ4n) is 1.37. The summed E-state index contributed by atoms with van der Waals surface area (Å²) in [5.41, 5.74) is 0.622. The van der Waals surface area contributed by atoms with Crippen molar-refractivity contribution in [2.75, 3.05) is 0 Å². The summed E-state index contributed by atoms with van der Waals surface area (Å²) in [6.45, 7) is 0.393. The lowest BCUT2D eigenvalue weighted by Gasteiger charge is -2.07. The maximum atomic E-state index is 11.8. The van der Waals surface area contributed by atoms with Gasteiger partial charge in [-0.25, -0.2) is 4.98 Å². The molecule has 1 heterocycles. The molecule has 3 nitrogen and oxygen atoms in total. The second kappa shape index (κ2) is 5.21. The first-order chi connectivity index (χ1) is 8.09. The van der Waals surface area contributed by atoms with E-state index in [0.29, 0.717) is 6.54 Å². The minimum absolute atomic E-state index is 0.0278. The molecule has 0 amide bonds. The minimum Gasteiger partial charge on any atom is -0.293 e. The quantitative estimate of drug-likeness (QED) is 0.790. The molecule has 17 heavy (non-hydrogen) atoms. The van der Waals surface area contributed by atoms with Crippen LogP contribution in [0.15, 0.2) is 39.9 Å². The van der Waals surface area contributed by atoms with Crippen LogP contribution in [0.4, 0.5) is 0 Å². The highest BCUT2D eigenvalue weighted by Gasteiger charge is 2.08. The Morgan fingerprint density at radius 2 is 2.00 bits per heavy atom. The van der Waals surface area contributed by atoms with Gasteiger partial charge in [0.2, 0.25) is 0 Å². The number of hydrogen-bond acceptors (Lipinski definition) is 2. The summed E-state index contributed by atoms with van der Waals surface area (Å²) >= 11 is 14.8. The fourth-order valence-corrected chi connectivity index (χ4v) is 2.06. The second-order valence-electron chi connectivity index (χ2n) is 3.37. The van der Waals surface area contributed by atoms with Crippen LogP contribution in [0.1, 0.15) is 5.56 Å². The van der Waals surface area contributed by atoms with E-state index in [0.717, 1.165) is 10.0 Å². The van der Waals surface area contributed by atoms with Crippen LogP contribution in [-0.2, 0) is 6.54 Å². The maximum absolute atomic E-state index is 11.8. The van der Waals surface area contributed by atoms with E-state index in [1.807, 2.05) is 24.3 Å². The zero-order chi connectivity index (χ0) is 12.4. The van der Waals surface area contributed by atoms with Gasteiger partial charge in [0, 0.05) is 4.47 Å². The summed E-state index contributed by atoms with van der Waals surface area (Å²) in [5, 5.41) is -0.0266. The van der Waals surface area contributed by atoms with Crippen LogP contribution < -0.4 is 5.56 Å². The van der Waals surface area contributed by atoms with Crippen molar-refractivity contribution in [3.63, 3.8) is 0 Å². The van der Waals surface area contributed by atoms with Crippen LogP contribution in [0.3, 0.4) is 0 Å². The van der Waals surface area contributed by atoms with Crippen LogP contribution in [0.25, 0.3) is 0 Å². The lowest BCUT2D eigenvalue weighted by Crippen LogP contribution is -2.21. The number of rotatable bonds is 2. The predicted molar refractivity (Wildman–Crippen MR) is 71.8 cm³/mol. The van der Waals surface area contributed by atoms with Gasteiger partial charge in [0.15, 0.2) is 5.15 Å². The third-order valence-corrected chi connectivity index (χ3v) is 3.74. The molecule has 0 bridgehead atoms. The van der Waals surface area contributed by atoms with E-state index in [9.17, 15) is 4.79 Å². The molecule has 6 heteroatoms. The Labute approximate surface area is 116 Å². The zero-order valence-electron chi connectivity index (χ0n) is 8.53. The third kappa shape index (κ3) is 2.70. The highest BCUT2D eigenvalue weighted by Crippen LogP contribution is 2.17. The SMILES string of the molecule is O=c1c(Cl)c(Cl)ncn1Cc1ccccc1Br. The number of aromatic nitrogens is 2. The Hall–Kier alpha value is -0.840. The van der Waals surface area contributed by atoms with Gasteiger partial charge in [-0.3, -0.25) is 9.36 Å². The van der Waals surface area contributed by atoms with Crippen LogP contribution in [0, 0.1) is 0 Å². The lowest BCUT2D eigenvalue weighted by molar-refractivity contribution is 0.734. The average molecular weight is 334 g/mol. The molecule has 0 saturated carbocycles. The summed E-state index contributed by atoms with van der Waals surface area (Å²) < 4.78 is 2.34. The molecule has 0 radical (unpaired) electrons. The highest BCUT2D eigenvalue weighted by atomic mass is 79.9. The molecule has 88 valence electrons. The van der Waals surface area contributed by atoms with Crippen molar-refractivity contribution in [3.8, 4) is 0 Å². The van der Waals surface area contributed by atoms with E-state index in [2.05, 4.69) is 20.9 Å². The largest absolute Gasteiger partial charge is 0.293 e. The van der Waals surface area contributed by atoms with Gasteiger partial charge in [0.1, 0.15) is 5.02 Å². The number of hydrogen-bond donors (Lipinski definition) is 0. The van der Waals surface area contributed by atoms with Crippen LogP contribution in [0.2, 0.25) is 10.2 Å². The molecule has 1 aromatic heterocycles. The molecule has 0 aliphatic heterocycles. The van der Waals surface area contributed by atoms with E-state index in [1.165, 1.54) is 10.9 Å². The van der Waals surface area contributed by atoms with E-state index in [-0.39, 0.29) is 15.7 Å². The Bertz CT molecular complexity index is 613. The molecule has 0 aliphatic carbocycles. The summed E-state index contributed by atoms with van der Waals surface area (Å²) in [6, 6.07) is 7.63. The highest BCUT2D eigenvalue weighted by molar-refractivity contribution is 9.10. The smallest absolute Gasteiger partial charge is 0.273 e. The molecule has 0 saturated heterocycles. The van der Waals surface area contributed by atoms with Crippen molar-refractivity contribution < 1.29 is 0 Å². The molecule has 0 N–H and O–H groups in total. The topological polar surface area (TPSA) is 34.9 Å². The van der Waals surface area contributed by atoms with Gasteiger partial charge in [-0.1, -0.05) is 57.3 Å². The van der Waals surface area contributed by atoms with E-state index >= 15 is 0 Å². The van der Waals surface area contributed by atoms with E-state index < -0.39 is 0 Å². The van der Waals surface area contributed by atoms with Crippen molar-refractivity contribution in [2.45, 2.75) is 6.54 Å². The first-order valence-corrected chi connectivity index (χ1v) is 6.28. The molecular formula is C11H7BrCl2N2O. The van der Waals surface area contributed by atoms with Gasteiger partial charge in [-0.15, -0.1) is 0 Å². The molecule has 0 atom stereocenters. The first-order valence-electron chi connectivity index (χ1n) is 4.73. The van der Waals surface area contributed by atoms with Gasteiger partial charge in [0.05, 0.1) is 12.9 Å². The standard InChI is InChI=1S/C11H7BrCl2N2O/c12-8-4-2-1-3-7(8)5-16-6-15-10(14)9(13)11(16)17/h1-4,6H,5H2.